The molecular weight excluding hydrogens is 444 g/mol. The monoisotopic (exact) mass is 477 g/mol. The third kappa shape index (κ3) is 2.78. The van der Waals surface area contributed by atoms with Crippen molar-refractivity contribution in [2.45, 2.75) is 0 Å². The molecule has 0 saturated heterocycles. The van der Waals surface area contributed by atoms with Crippen LogP contribution in [0.2, 0.25) is 5.02 Å². The van der Waals surface area contributed by atoms with E-state index in [0.29, 0.717) is 0 Å². The van der Waals surface area contributed by atoms with Gasteiger partial charge in [-0.15, -0.1) is 11.3 Å². The first-order valence-corrected chi connectivity index (χ1v) is 10.7. The van der Waals surface area contributed by atoms with Gasteiger partial charge in [0.05, 0.1) is 28.3 Å². The van der Waals surface area contributed by atoms with Crippen molar-refractivity contribution < 1.29 is 27.7 Å². The minimum absolute atomic E-state index is 0.0303. The van der Waals surface area contributed by atoms with Crippen molar-refractivity contribution in [1.29, 1.82) is 0 Å². The van der Waals surface area contributed by atoms with E-state index in [2.05, 4.69) is 0 Å². The molecule has 0 aliphatic carbocycles. The summed E-state index contributed by atoms with van der Waals surface area (Å²) in [6.07, 6.45) is 0. The van der Waals surface area contributed by atoms with Gasteiger partial charge in [-0.05, 0) is 35.3 Å². The van der Waals surface area contributed by atoms with Crippen molar-refractivity contribution in [3.8, 4) is 22.3 Å². The molecule has 0 bridgehead atoms. The van der Waals surface area contributed by atoms with Crippen molar-refractivity contribution in [2.75, 3.05) is 0 Å². The Morgan fingerprint density at radius 2 is 1.27 bits per heavy atom. The number of rotatable bonds is 2. The van der Waals surface area contributed by atoms with Crippen LogP contribution in [0.5, 0.6) is 0 Å². The molecule has 7 rings (SSSR count). The second kappa shape index (κ2) is 7.21. The van der Waals surface area contributed by atoms with E-state index in [1.165, 1.54) is 0 Å². The summed E-state index contributed by atoms with van der Waals surface area (Å²) in [6, 6.07) is -11.2. The standard InChI is InChI=1S/C30H17ClOS/c31-25-17-16-21(29-28(25)24-11-3-5-14-26(24)32-29)18-8-1-2-9-19(18)22-12-7-13-23-20-10-4-6-15-27(20)33-30(22)23/h1-17H/i1D,2D,3D,4D,5D,6D,7D,8D,9D,10D,11D,12D,13D,14D,15D,16D,17D. The molecule has 0 radical (unpaired) electrons. The lowest BCUT2D eigenvalue weighted by molar-refractivity contribution is 0.670. The van der Waals surface area contributed by atoms with Gasteiger partial charge >= 0.3 is 0 Å². The molecule has 156 valence electrons. The number of hydrogen-bond donors (Lipinski definition) is 0. The van der Waals surface area contributed by atoms with E-state index < -0.39 is 136 Å². The maximum Gasteiger partial charge on any atom is 0.144 e. The fraction of sp³-hybridized carbons (Fsp3) is 0. The van der Waals surface area contributed by atoms with Crippen LogP contribution in [0.3, 0.4) is 0 Å². The molecule has 0 aliphatic heterocycles. The van der Waals surface area contributed by atoms with Gasteiger partial charge in [-0.2, -0.15) is 0 Å². The molecule has 0 fully saturated rings. The Morgan fingerprint density at radius 1 is 0.606 bits per heavy atom. The zero-order valence-corrected chi connectivity index (χ0v) is 17.8. The largest absolute Gasteiger partial charge is 0.455 e. The van der Waals surface area contributed by atoms with Crippen LogP contribution in [-0.4, -0.2) is 0 Å². The smallest absolute Gasteiger partial charge is 0.144 e. The predicted octanol–water partition coefficient (Wildman–Crippen LogP) is 9.94. The SMILES string of the molecule is [2H]c1c([2H])c([2H])c(-c2c([2H])c([2H])c([2H])c3c2sc2c([2H])c([2H])c([2H])c([2H])c23)c(-c2c([2H])c([2H])c(Cl)c3c2oc2c([2H])c([2H])c([2H])c([2H])c23)c1[2H]. The zero-order valence-electron chi connectivity index (χ0n) is 33.2. The molecule has 1 nitrogen and oxygen atoms in total. The van der Waals surface area contributed by atoms with Gasteiger partial charge in [0.15, 0.2) is 0 Å². The number of fused-ring (bicyclic) bond motifs is 6. The summed E-state index contributed by atoms with van der Waals surface area (Å²) in [5, 5.41) is -1.18. The van der Waals surface area contributed by atoms with Crippen molar-refractivity contribution in [2.24, 2.45) is 0 Å². The highest BCUT2D eigenvalue weighted by atomic mass is 35.5. The summed E-state index contributed by atoms with van der Waals surface area (Å²) < 4.78 is 152. The van der Waals surface area contributed by atoms with Gasteiger partial charge < -0.3 is 4.42 Å². The molecule has 5 aromatic carbocycles. The fourth-order valence-electron chi connectivity index (χ4n) is 3.81. The molecule has 2 aromatic heterocycles. The van der Waals surface area contributed by atoms with Gasteiger partial charge in [-0.3, -0.25) is 0 Å². The maximum absolute atomic E-state index is 9.06. The lowest BCUT2D eigenvalue weighted by Gasteiger charge is -2.12. The Balaban J connectivity index is 1.79. The first-order valence-electron chi connectivity index (χ1n) is 18.0. The first kappa shape index (κ1) is 8.64. The molecule has 0 aliphatic rings. The quantitative estimate of drug-likeness (QED) is 0.241. The highest BCUT2D eigenvalue weighted by molar-refractivity contribution is 7.26. The number of furan rings is 1. The zero-order chi connectivity index (χ0) is 36.7. The molecule has 33 heavy (non-hydrogen) atoms. The van der Waals surface area contributed by atoms with Crippen molar-refractivity contribution in [3.63, 3.8) is 0 Å². The number of hydrogen-bond acceptors (Lipinski definition) is 2. The van der Waals surface area contributed by atoms with Crippen molar-refractivity contribution in [1.82, 2.24) is 0 Å². The topological polar surface area (TPSA) is 13.1 Å². The van der Waals surface area contributed by atoms with Crippen LogP contribution >= 0.6 is 22.9 Å². The Hall–Kier alpha value is -3.59. The number of benzene rings is 5. The number of thiophene rings is 1. The summed E-state index contributed by atoms with van der Waals surface area (Å²) >= 11 is 7.27. The van der Waals surface area contributed by atoms with E-state index in [1.54, 1.807) is 0 Å². The Bertz CT molecular complexity index is 2560. The van der Waals surface area contributed by atoms with Crippen molar-refractivity contribution in [3.05, 3.63) is 108 Å². The van der Waals surface area contributed by atoms with Crippen LogP contribution in [0.15, 0.2) is 107 Å². The number of para-hydroxylation sites is 1. The van der Waals surface area contributed by atoms with E-state index in [0.717, 1.165) is 11.3 Å². The Kier molecular flexibility index (Phi) is 1.89. The van der Waals surface area contributed by atoms with Gasteiger partial charge in [-0.1, -0.05) is 90.2 Å². The van der Waals surface area contributed by atoms with E-state index in [4.69, 9.17) is 39.3 Å². The van der Waals surface area contributed by atoms with Gasteiger partial charge in [0.25, 0.3) is 0 Å². The summed E-state index contributed by atoms with van der Waals surface area (Å²) in [5.41, 5.74) is -2.61. The average Bonchev–Trinajstić information content (AvgIpc) is 3.69. The molecule has 0 spiro atoms. The maximum atomic E-state index is 9.06. The van der Waals surface area contributed by atoms with E-state index >= 15 is 0 Å². The molecule has 0 amide bonds. The van der Waals surface area contributed by atoms with Crippen LogP contribution in [0.1, 0.15) is 23.3 Å². The molecule has 0 unspecified atom stereocenters. The predicted molar refractivity (Wildman–Crippen MR) is 142 cm³/mol. The lowest BCUT2D eigenvalue weighted by atomic mass is 9.92. The molecule has 0 saturated carbocycles. The van der Waals surface area contributed by atoms with Crippen LogP contribution in [-0.2, 0) is 0 Å². The molecule has 0 atom stereocenters. The Labute approximate surface area is 223 Å². The summed E-state index contributed by atoms with van der Waals surface area (Å²) in [5.74, 6) is 0. The lowest BCUT2D eigenvalue weighted by Crippen LogP contribution is -1.86. The van der Waals surface area contributed by atoms with Crippen molar-refractivity contribution >= 4 is 65.0 Å². The molecular formula is C30H17ClOS. The fourth-order valence-corrected chi connectivity index (χ4v) is 5.11. The molecule has 2 heterocycles. The third-order valence-electron chi connectivity index (χ3n) is 5.20. The van der Waals surface area contributed by atoms with Gasteiger partial charge in [0.1, 0.15) is 11.2 Å². The summed E-state index contributed by atoms with van der Waals surface area (Å²) in [6.45, 7) is 0. The second-order valence-corrected chi connectivity index (χ2v) is 8.36. The highest BCUT2D eigenvalue weighted by Gasteiger charge is 2.19. The molecule has 3 heteroatoms. The second-order valence-electron chi connectivity index (χ2n) is 6.96. The van der Waals surface area contributed by atoms with E-state index in [1.807, 2.05) is 0 Å². The van der Waals surface area contributed by atoms with E-state index in [-0.39, 0.29) is 36.5 Å². The minimum atomic E-state index is -0.801. The van der Waals surface area contributed by atoms with Crippen LogP contribution in [0, 0.1) is 0 Å². The van der Waals surface area contributed by atoms with Gasteiger partial charge in [0.2, 0.25) is 0 Å². The minimum Gasteiger partial charge on any atom is -0.455 e. The summed E-state index contributed by atoms with van der Waals surface area (Å²) in [4.78, 5) is 0. The van der Waals surface area contributed by atoms with Gasteiger partial charge in [-0.25, -0.2) is 0 Å². The Morgan fingerprint density at radius 3 is 2.15 bits per heavy atom. The normalized spacial score (nSPS) is 19.0. The average molecular weight is 478 g/mol. The third-order valence-corrected chi connectivity index (χ3v) is 6.61. The first-order chi connectivity index (χ1) is 23.4. The number of halogens is 1. The molecule has 0 N–H and O–H groups in total. The van der Waals surface area contributed by atoms with Crippen LogP contribution in [0.25, 0.3) is 64.4 Å². The molecule has 7 aromatic rings. The summed E-state index contributed by atoms with van der Waals surface area (Å²) in [7, 11) is 0. The van der Waals surface area contributed by atoms with Crippen LogP contribution in [0.4, 0.5) is 0 Å². The van der Waals surface area contributed by atoms with E-state index in [9.17, 15) is 0 Å². The highest BCUT2D eigenvalue weighted by Crippen LogP contribution is 2.45. The van der Waals surface area contributed by atoms with Crippen LogP contribution < -0.4 is 0 Å². The van der Waals surface area contributed by atoms with Gasteiger partial charge in [0, 0.05) is 42.1 Å².